The standard InChI is InChI=1S/C20H23BrN2O4/c1-13(2)12-27-18-9-6-15(21)11-17(18)20(25)23-22-19(24)10-14-4-7-16(26-3)8-5-14/h4-9,11,13H,10,12H2,1-3H3,(H,22,24)(H,23,25). The van der Waals surface area contributed by atoms with E-state index in [-0.39, 0.29) is 12.3 Å². The molecule has 0 radical (unpaired) electrons. The summed E-state index contributed by atoms with van der Waals surface area (Å²) in [5.74, 6) is 0.741. The molecule has 0 heterocycles. The number of carbonyl (C=O) groups excluding carboxylic acids is 2. The van der Waals surface area contributed by atoms with Crippen molar-refractivity contribution in [1.82, 2.24) is 10.9 Å². The number of nitrogens with one attached hydrogen (secondary N) is 2. The summed E-state index contributed by atoms with van der Waals surface area (Å²) in [5.41, 5.74) is 6.02. The van der Waals surface area contributed by atoms with Gasteiger partial charge in [-0.3, -0.25) is 20.4 Å². The summed E-state index contributed by atoms with van der Waals surface area (Å²) in [4.78, 5) is 24.5. The largest absolute Gasteiger partial charge is 0.497 e. The van der Waals surface area contributed by atoms with Crippen molar-refractivity contribution >= 4 is 27.7 Å². The van der Waals surface area contributed by atoms with E-state index in [0.29, 0.717) is 23.8 Å². The molecule has 2 amide bonds. The maximum absolute atomic E-state index is 12.5. The number of amides is 2. The number of benzene rings is 2. The van der Waals surface area contributed by atoms with Crippen LogP contribution in [0, 0.1) is 5.92 Å². The van der Waals surface area contributed by atoms with Gasteiger partial charge in [0.05, 0.1) is 25.7 Å². The molecule has 0 aromatic heterocycles. The molecule has 0 unspecified atom stereocenters. The van der Waals surface area contributed by atoms with Crippen molar-refractivity contribution in [3.63, 3.8) is 0 Å². The summed E-state index contributed by atoms with van der Waals surface area (Å²) in [6, 6.07) is 12.3. The van der Waals surface area contributed by atoms with Gasteiger partial charge in [-0.1, -0.05) is 41.9 Å². The van der Waals surface area contributed by atoms with E-state index in [2.05, 4.69) is 26.8 Å². The SMILES string of the molecule is COc1ccc(CC(=O)NNC(=O)c2cc(Br)ccc2OCC(C)C)cc1. The van der Waals surface area contributed by atoms with Crippen molar-refractivity contribution < 1.29 is 19.1 Å². The number of hydrogen-bond donors (Lipinski definition) is 2. The molecule has 6 nitrogen and oxygen atoms in total. The number of hydrazine groups is 1. The number of methoxy groups -OCH3 is 1. The highest BCUT2D eigenvalue weighted by Crippen LogP contribution is 2.23. The first-order valence-electron chi connectivity index (χ1n) is 8.53. The predicted octanol–water partition coefficient (Wildman–Crippen LogP) is 3.50. The third-order valence-corrected chi connectivity index (χ3v) is 4.09. The Morgan fingerprint density at radius 3 is 2.41 bits per heavy atom. The molecule has 0 bridgehead atoms. The molecule has 7 heteroatoms. The first kappa shape index (κ1) is 20.8. The van der Waals surface area contributed by atoms with Gasteiger partial charge in [-0.15, -0.1) is 0 Å². The van der Waals surface area contributed by atoms with E-state index >= 15 is 0 Å². The highest BCUT2D eigenvalue weighted by molar-refractivity contribution is 9.10. The van der Waals surface area contributed by atoms with Crippen LogP contribution in [0.15, 0.2) is 46.9 Å². The molecule has 144 valence electrons. The van der Waals surface area contributed by atoms with Gasteiger partial charge in [0, 0.05) is 4.47 Å². The fourth-order valence-corrected chi connectivity index (χ4v) is 2.59. The molecule has 2 rings (SSSR count). The molecule has 0 saturated carbocycles. The zero-order chi connectivity index (χ0) is 19.8. The van der Waals surface area contributed by atoms with E-state index in [1.165, 1.54) is 0 Å². The second kappa shape index (κ2) is 9.97. The van der Waals surface area contributed by atoms with Gasteiger partial charge >= 0.3 is 0 Å². The van der Waals surface area contributed by atoms with Crippen LogP contribution in [0.5, 0.6) is 11.5 Å². The minimum Gasteiger partial charge on any atom is -0.497 e. The van der Waals surface area contributed by atoms with Crippen molar-refractivity contribution in [2.45, 2.75) is 20.3 Å². The lowest BCUT2D eigenvalue weighted by molar-refractivity contribution is -0.121. The highest BCUT2D eigenvalue weighted by Gasteiger charge is 2.15. The minimum absolute atomic E-state index is 0.138. The van der Waals surface area contributed by atoms with E-state index < -0.39 is 5.91 Å². The number of hydrogen-bond acceptors (Lipinski definition) is 4. The predicted molar refractivity (Wildman–Crippen MR) is 107 cm³/mol. The Hall–Kier alpha value is -2.54. The van der Waals surface area contributed by atoms with Crippen molar-refractivity contribution in [2.24, 2.45) is 5.92 Å². The second-order valence-corrected chi connectivity index (χ2v) is 7.29. The van der Waals surface area contributed by atoms with Gasteiger partial charge < -0.3 is 9.47 Å². The van der Waals surface area contributed by atoms with Crippen molar-refractivity contribution in [3.05, 3.63) is 58.1 Å². The number of carbonyl (C=O) groups is 2. The summed E-state index contributed by atoms with van der Waals surface area (Å²) in [6.07, 6.45) is 0.138. The first-order valence-corrected chi connectivity index (χ1v) is 9.32. The zero-order valence-corrected chi connectivity index (χ0v) is 17.1. The lowest BCUT2D eigenvalue weighted by Gasteiger charge is -2.14. The van der Waals surface area contributed by atoms with Gasteiger partial charge in [0.2, 0.25) is 5.91 Å². The Kier molecular flexibility index (Phi) is 7.67. The molecule has 0 aliphatic carbocycles. The van der Waals surface area contributed by atoms with Crippen LogP contribution in [0.1, 0.15) is 29.8 Å². The van der Waals surface area contributed by atoms with Crippen LogP contribution in [0.2, 0.25) is 0 Å². The molecule has 2 N–H and O–H groups in total. The summed E-state index contributed by atoms with van der Waals surface area (Å²) in [7, 11) is 1.58. The van der Waals surface area contributed by atoms with Gasteiger partial charge in [0.1, 0.15) is 11.5 Å². The van der Waals surface area contributed by atoms with E-state index in [1.807, 2.05) is 13.8 Å². The van der Waals surface area contributed by atoms with Crippen molar-refractivity contribution in [1.29, 1.82) is 0 Å². The van der Waals surface area contributed by atoms with Crippen LogP contribution in [0.25, 0.3) is 0 Å². The molecule has 2 aromatic rings. The van der Waals surface area contributed by atoms with Gasteiger partial charge in [0.25, 0.3) is 5.91 Å². The fraction of sp³-hybridized carbons (Fsp3) is 0.300. The van der Waals surface area contributed by atoms with E-state index in [0.717, 1.165) is 15.8 Å². The summed E-state index contributed by atoms with van der Waals surface area (Å²) >= 11 is 3.35. The number of halogens is 1. The number of ether oxygens (including phenoxy) is 2. The Labute approximate surface area is 167 Å². The Bertz CT molecular complexity index is 791. The summed E-state index contributed by atoms with van der Waals surface area (Å²) in [5, 5.41) is 0. The molecular weight excluding hydrogens is 412 g/mol. The van der Waals surface area contributed by atoms with Gasteiger partial charge in [-0.05, 0) is 41.8 Å². The molecule has 0 aliphatic heterocycles. The molecule has 0 atom stereocenters. The summed E-state index contributed by atoms with van der Waals surface area (Å²) < 4.78 is 11.5. The summed E-state index contributed by atoms with van der Waals surface area (Å²) in [6.45, 7) is 4.54. The molecule has 0 aliphatic rings. The van der Waals surface area contributed by atoms with Gasteiger partial charge in [0.15, 0.2) is 0 Å². The van der Waals surface area contributed by atoms with Crippen molar-refractivity contribution in [3.8, 4) is 11.5 Å². The molecular formula is C20H23BrN2O4. The van der Waals surface area contributed by atoms with Crippen LogP contribution in [0.4, 0.5) is 0 Å². The van der Waals surface area contributed by atoms with Crippen LogP contribution < -0.4 is 20.3 Å². The Balaban J connectivity index is 1.95. The zero-order valence-electron chi connectivity index (χ0n) is 15.5. The van der Waals surface area contributed by atoms with Crippen LogP contribution in [0.3, 0.4) is 0 Å². The maximum Gasteiger partial charge on any atom is 0.273 e. The minimum atomic E-state index is -0.446. The van der Waals surface area contributed by atoms with Gasteiger partial charge in [-0.2, -0.15) is 0 Å². The molecule has 2 aromatic carbocycles. The smallest absolute Gasteiger partial charge is 0.273 e. The monoisotopic (exact) mass is 434 g/mol. The lowest BCUT2D eigenvalue weighted by atomic mass is 10.1. The number of rotatable bonds is 7. The van der Waals surface area contributed by atoms with Gasteiger partial charge in [-0.25, -0.2) is 0 Å². The second-order valence-electron chi connectivity index (χ2n) is 6.37. The molecule has 0 fully saturated rings. The van der Waals surface area contributed by atoms with E-state index in [1.54, 1.807) is 49.6 Å². The van der Waals surface area contributed by atoms with E-state index in [4.69, 9.17) is 9.47 Å². The van der Waals surface area contributed by atoms with Crippen LogP contribution in [-0.2, 0) is 11.2 Å². The quantitative estimate of drug-likeness (QED) is 0.653. The van der Waals surface area contributed by atoms with E-state index in [9.17, 15) is 9.59 Å². The van der Waals surface area contributed by atoms with Crippen LogP contribution >= 0.6 is 15.9 Å². The maximum atomic E-state index is 12.5. The molecule has 0 spiro atoms. The first-order chi connectivity index (χ1) is 12.9. The topological polar surface area (TPSA) is 76.7 Å². The third kappa shape index (κ3) is 6.60. The Morgan fingerprint density at radius 1 is 1.07 bits per heavy atom. The van der Waals surface area contributed by atoms with Crippen LogP contribution in [-0.4, -0.2) is 25.5 Å². The average Bonchev–Trinajstić information content (AvgIpc) is 2.65. The normalized spacial score (nSPS) is 10.4. The van der Waals surface area contributed by atoms with Crippen molar-refractivity contribution in [2.75, 3.05) is 13.7 Å². The highest BCUT2D eigenvalue weighted by atomic mass is 79.9. The Morgan fingerprint density at radius 2 is 1.78 bits per heavy atom. The fourth-order valence-electron chi connectivity index (χ4n) is 2.23. The molecule has 27 heavy (non-hydrogen) atoms. The third-order valence-electron chi connectivity index (χ3n) is 3.60. The average molecular weight is 435 g/mol. The molecule has 0 saturated heterocycles. The lowest BCUT2D eigenvalue weighted by Crippen LogP contribution is -2.42.